The van der Waals surface area contributed by atoms with Crippen molar-refractivity contribution in [3.63, 3.8) is 0 Å². The lowest BCUT2D eigenvalue weighted by Gasteiger charge is -2.41. The molecule has 2 bridgehead atoms. The van der Waals surface area contributed by atoms with Crippen molar-refractivity contribution in [2.45, 2.75) is 69.6 Å². The van der Waals surface area contributed by atoms with Crippen molar-refractivity contribution in [1.29, 1.82) is 0 Å². The molecular formula is C21H31N3O5S. The highest BCUT2D eigenvalue weighted by atomic mass is 32.2. The van der Waals surface area contributed by atoms with Gasteiger partial charge in [-0.25, -0.2) is 18.1 Å². The van der Waals surface area contributed by atoms with Crippen LogP contribution in [0, 0.1) is 6.92 Å². The van der Waals surface area contributed by atoms with E-state index < -0.39 is 10.0 Å². The van der Waals surface area contributed by atoms with Gasteiger partial charge >= 0.3 is 0 Å². The minimum atomic E-state index is -3.39. The molecule has 4 heterocycles. The zero-order valence-corrected chi connectivity index (χ0v) is 18.5. The van der Waals surface area contributed by atoms with Gasteiger partial charge in [0.05, 0.1) is 25.0 Å². The lowest BCUT2D eigenvalue weighted by atomic mass is 9.81. The highest BCUT2D eigenvalue weighted by Gasteiger charge is 2.38. The molecule has 2 atom stereocenters. The summed E-state index contributed by atoms with van der Waals surface area (Å²) in [5, 5.41) is 0. The summed E-state index contributed by atoms with van der Waals surface area (Å²) in [5.41, 5.74) is 2.25. The first kappa shape index (κ1) is 21.5. The van der Waals surface area contributed by atoms with Gasteiger partial charge in [-0.1, -0.05) is 0 Å². The van der Waals surface area contributed by atoms with E-state index in [2.05, 4.69) is 16.6 Å². The number of fused-ring (bicyclic) bond motifs is 5. The number of carbonyl (C=O) groups is 1. The highest BCUT2D eigenvalue weighted by molar-refractivity contribution is 7.88. The molecule has 0 aromatic carbocycles. The van der Waals surface area contributed by atoms with E-state index in [9.17, 15) is 13.2 Å². The van der Waals surface area contributed by atoms with E-state index in [0.29, 0.717) is 31.4 Å². The van der Waals surface area contributed by atoms with Gasteiger partial charge < -0.3 is 14.4 Å². The molecular weight excluding hydrogens is 406 g/mol. The normalized spacial score (nSPS) is 30.3. The van der Waals surface area contributed by atoms with Crippen LogP contribution in [0.2, 0.25) is 0 Å². The maximum absolute atomic E-state index is 13.1. The summed E-state index contributed by atoms with van der Waals surface area (Å²) in [7, 11) is -3.39. The Bertz CT molecular complexity index is 883. The zero-order chi connectivity index (χ0) is 21.3. The van der Waals surface area contributed by atoms with Crippen LogP contribution in [-0.4, -0.2) is 68.4 Å². The molecule has 1 amide bonds. The first-order valence-electron chi connectivity index (χ1n) is 10.8. The minimum Gasteiger partial charge on any atom is -0.467 e. The SMILES string of the molecule is Cc1ccnc2c1[C@H]1CC[C@H](CC1)OC[C@H]1[C@@H](NS(C)(=O)=O)CCCN1C(=O)CO2. The number of rotatable bonds is 2. The third-order valence-electron chi connectivity index (χ3n) is 6.55. The second kappa shape index (κ2) is 8.80. The Morgan fingerprint density at radius 1 is 1.20 bits per heavy atom. The molecule has 3 aliphatic heterocycles. The van der Waals surface area contributed by atoms with Gasteiger partial charge in [-0.15, -0.1) is 0 Å². The molecule has 166 valence electrons. The molecule has 1 aromatic rings. The van der Waals surface area contributed by atoms with Gasteiger partial charge in [0.25, 0.3) is 5.91 Å². The van der Waals surface area contributed by atoms with Crippen molar-refractivity contribution in [2.75, 3.05) is 26.0 Å². The van der Waals surface area contributed by atoms with Crippen LogP contribution in [0.25, 0.3) is 0 Å². The smallest absolute Gasteiger partial charge is 0.260 e. The molecule has 1 N–H and O–H groups in total. The van der Waals surface area contributed by atoms with E-state index >= 15 is 0 Å². The summed E-state index contributed by atoms with van der Waals surface area (Å²) in [6.07, 6.45) is 8.26. The number of ether oxygens (including phenoxy) is 2. The number of carbonyl (C=O) groups excluding carboxylic acids is 1. The molecule has 1 aliphatic carbocycles. The molecule has 9 heteroatoms. The third kappa shape index (κ3) is 4.78. The zero-order valence-electron chi connectivity index (χ0n) is 17.7. The summed E-state index contributed by atoms with van der Waals surface area (Å²) in [5.74, 6) is 0.738. The molecule has 1 saturated carbocycles. The van der Waals surface area contributed by atoms with E-state index in [1.807, 2.05) is 6.07 Å². The maximum Gasteiger partial charge on any atom is 0.260 e. The molecule has 30 heavy (non-hydrogen) atoms. The molecule has 4 aliphatic rings. The predicted octanol–water partition coefficient (Wildman–Crippen LogP) is 1.73. The van der Waals surface area contributed by atoms with Gasteiger partial charge in [-0.05, 0) is 63.0 Å². The third-order valence-corrected chi connectivity index (χ3v) is 7.28. The van der Waals surface area contributed by atoms with Crippen LogP contribution >= 0.6 is 0 Å². The number of aryl methyl sites for hydroxylation is 1. The van der Waals surface area contributed by atoms with Gasteiger partial charge in [0.2, 0.25) is 15.9 Å². The van der Waals surface area contributed by atoms with Crippen LogP contribution < -0.4 is 9.46 Å². The fourth-order valence-electron chi connectivity index (χ4n) is 5.11. The monoisotopic (exact) mass is 437 g/mol. The fraction of sp³-hybridized carbons (Fsp3) is 0.714. The summed E-state index contributed by atoms with van der Waals surface area (Å²) in [6, 6.07) is 1.30. The number of nitrogens with zero attached hydrogens (tertiary/aromatic N) is 2. The van der Waals surface area contributed by atoms with Gasteiger partial charge in [-0.2, -0.15) is 0 Å². The van der Waals surface area contributed by atoms with Gasteiger partial charge in [0.1, 0.15) is 0 Å². The highest BCUT2D eigenvalue weighted by Crippen LogP contribution is 2.39. The molecule has 0 radical (unpaired) electrons. The Morgan fingerprint density at radius 3 is 2.70 bits per heavy atom. The molecule has 1 saturated heterocycles. The number of sulfonamides is 1. The summed E-state index contributed by atoms with van der Waals surface area (Å²) < 4.78 is 38.7. The van der Waals surface area contributed by atoms with Crippen LogP contribution in [0.4, 0.5) is 0 Å². The number of hydrogen-bond donors (Lipinski definition) is 1. The average molecular weight is 438 g/mol. The first-order chi connectivity index (χ1) is 14.3. The van der Waals surface area contributed by atoms with Crippen LogP contribution in [0.1, 0.15) is 55.6 Å². The van der Waals surface area contributed by atoms with E-state index in [1.54, 1.807) is 11.1 Å². The van der Waals surface area contributed by atoms with Crippen molar-refractivity contribution in [1.82, 2.24) is 14.6 Å². The summed E-state index contributed by atoms with van der Waals surface area (Å²) in [6.45, 7) is 2.86. The van der Waals surface area contributed by atoms with Crippen molar-refractivity contribution >= 4 is 15.9 Å². The van der Waals surface area contributed by atoms with Crippen LogP contribution in [0.15, 0.2) is 12.3 Å². The standard InChI is InChI=1S/C21H31N3O5S/c1-14-9-10-22-21-20(14)15-5-7-16(8-6-15)28-12-18-17(23-30(2,26)27)4-3-11-24(18)19(25)13-29-21/h9-10,15-18,23H,3-8,11-13H2,1-2H3/t15-,16+,17-,18-/m0/s1. The van der Waals surface area contributed by atoms with Gasteiger partial charge in [0.15, 0.2) is 6.61 Å². The molecule has 0 spiro atoms. The molecule has 1 aromatic heterocycles. The Kier molecular flexibility index (Phi) is 6.31. The van der Waals surface area contributed by atoms with E-state index in [1.165, 1.54) is 0 Å². The molecule has 5 rings (SSSR count). The van der Waals surface area contributed by atoms with Crippen LogP contribution in [0.3, 0.4) is 0 Å². The lowest BCUT2D eigenvalue weighted by molar-refractivity contribution is -0.140. The topological polar surface area (TPSA) is 97.8 Å². The van der Waals surface area contributed by atoms with Crippen molar-refractivity contribution < 1.29 is 22.7 Å². The largest absolute Gasteiger partial charge is 0.467 e. The van der Waals surface area contributed by atoms with Crippen molar-refractivity contribution in [3.8, 4) is 5.88 Å². The number of piperidine rings is 1. The fourth-order valence-corrected chi connectivity index (χ4v) is 5.93. The Morgan fingerprint density at radius 2 is 1.97 bits per heavy atom. The number of pyridine rings is 1. The Hall–Kier alpha value is -1.71. The average Bonchev–Trinajstić information content (AvgIpc) is 2.71. The molecule has 0 unspecified atom stereocenters. The van der Waals surface area contributed by atoms with E-state index in [-0.39, 0.29) is 30.7 Å². The Labute approximate surface area is 178 Å². The summed E-state index contributed by atoms with van der Waals surface area (Å²) in [4.78, 5) is 19.2. The summed E-state index contributed by atoms with van der Waals surface area (Å²) >= 11 is 0. The Balaban J connectivity index is 1.63. The van der Waals surface area contributed by atoms with E-state index in [0.717, 1.165) is 49.5 Å². The predicted molar refractivity (Wildman–Crippen MR) is 112 cm³/mol. The first-order valence-corrected chi connectivity index (χ1v) is 12.7. The van der Waals surface area contributed by atoms with Crippen LogP contribution in [-0.2, 0) is 19.6 Å². The minimum absolute atomic E-state index is 0.109. The quantitative estimate of drug-likeness (QED) is 0.757. The number of aromatic nitrogens is 1. The van der Waals surface area contributed by atoms with Crippen LogP contribution in [0.5, 0.6) is 5.88 Å². The van der Waals surface area contributed by atoms with Gasteiger partial charge in [-0.3, -0.25) is 4.79 Å². The van der Waals surface area contributed by atoms with E-state index in [4.69, 9.17) is 9.47 Å². The lowest BCUT2D eigenvalue weighted by Crippen LogP contribution is -2.59. The van der Waals surface area contributed by atoms with Crippen molar-refractivity contribution in [2.24, 2.45) is 0 Å². The second-order valence-electron chi connectivity index (χ2n) is 8.74. The number of nitrogens with one attached hydrogen (secondary N) is 1. The van der Waals surface area contributed by atoms with Crippen molar-refractivity contribution in [3.05, 3.63) is 23.4 Å². The van der Waals surface area contributed by atoms with Gasteiger partial charge in [0, 0.05) is 24.3 Å². The number of hydrogen-bond acceptors (Lipinski definition) is 6. The number of amides is 1. The molecule has 2 fully saturated rings. The molecule has 8 nitrogen and oxygen atoms in total. The maximum atomic E-state index is 13.1. The second-order valence-corrected chi connectivity index (χ2v) is 10.5.